The molecule has 0 nitrogen and oxygen atoms in total. The molecule has 0 radical (unpaired) electrons. The Bertz CT molecular complexity index is 271. The highest BCUT2D eigenvalue weighted by molar-refractivity contribution is 5.56. The Labute approximate surface area is 81.6 Å². The van der Waals surface area contributed by atoms with E-state index in [-0.39, 0.29) is 0 Å². The van der Waals surface area contributed by atoms with Gasteiger partial charge in [-0.25, -0.2) is 0 Å². The first-order valence-electron chi connectivity index (χ1n) is 4.50. The number of aryl methyl sites for hydroxylation is 2. The quantitative estimate of drug-likeness (QED) is 0.594. The zero-order valence-corrected chi connectivity index (χ0v) is 8.64. The van der Waals surface area contributed by atoms with Gasteiger partial charge in [-0.1, -0.05) is 37.8 Å². The molecule has 70 valence electrons. The Kier molecular flexibility index (Phi) is 5.62. The van der Waals surface area contributed by atoms with Gasteiger partial charge in [-0.2, -0.15) is 0 Å². The molecular formula is C13H18. The fraction of sp³-hybridized carbons (Fsp3) is 0.231. The molecule has 0 bridgehead atoms. The topological polar surface area (TPSA) is 0 Å². The van der Waals surface area contributed by atoms with Gasteiger partial charge in [0, 0.05) is 0 Å². The molecule has 0 saturated heterocycles. The minimum atomic E-state index is 1.09. The van der Waals surface area contributed by atoms with Crippen molar-refractivity contribution in [3.05, 3.63) is 54.6 Å². The van der Waals surface area contributed by atoms with Crippen LogP contribution in [-0.2, 0) is 6.42 Å². The molecule has 0 aliphatic carbocycles. The lowest BCUT2D eigenvalue weighted by atomic mass is 10.0. The van der Waals surface area contributed by atoms with Crippen molar-refractivity contribution in [2.24, 2.45) is 0 Å². The van der Waals surface area contributed by atoms with Crippen molar-refractivity contribution in [2.45, 2.75) is 20.3 Å². The molecule has 0 aliphatic rings. The van der Waals surface area contributed by atoms with E-state index in [1.807, 2.05) is 6.08 Å². The summed E-state index contributed by atoms with van der Waals surface area (Å²) in [6, 6.07) is 6.38. The summed E-state index contributed by atoms with van der Waals surface area (Å²) in [4.78, 5) is 0. The van der Waals surface area contributed by atoms with Crippen LogP contribution in [0.1, 0.15) is 23.6 Å². The first-order chi connectivity index (χ1) is 6.29. The average Bonchev–Trinajstić information content (AvgIpc) is 2.20. The van der Waals surface area contributed by atoms with Gasteiger partial charge >= 0.3 is 0 Å². The molecule has 0 amide bonds. The van der Waals surface area contributed by atoms with Crippen molar-refractivity contribution in [3.8, 4) is 0 Å². The zero-order chi connectivity index (χ0) is 10.3. The van der Waals surface area contributed by atoms with E-state index in [1.165, 1.54) is 16.7 Å². The van der Waals surface area contributed by atoms with E-state index in [2.05, 4.69) is 51.8 Å². The predicted molar refractivity (Wildman–Crippen MR) is 61.9 cm³/mol. The van der Waals surface area contributed by atoms with Crippen molar-refractivity contribution >= 4 is 6.08 Å². The van der Waals surface area contributed by atoms with Gasteiger partial charge in [0.05, 0.1) is 0 Å². The Balaban J connectivity index is 0.000000671. The lowest BCUT2D eigenvalue weighted by Gasteiger charge is -2.05. The second-order valence-electron chi connectivity index (χ2n) is 2.71. The number of rotatable bonds is 2. The van der Waals surface area contributed by atoms with Gasteiger partial charge < -0.3 is 0 Å². The van der Waals surface area contributed by atoms with Crippen molar-refractivity contribution < 1.29 is 0 Å². The molecule has 0 atom stereocenters. The maximum Gasteiger partial charge on any atom is -0.0201 e. The van der Waals surface area contributed by atoms with E-state index in [0.717, 1.165) is 6.42 Å². The van der Waals surface area contributed by atoms with E-state index in [1.54, 1.807) is 0 Å². The molecule has 0 heteroatoms. The molecule has 0 aromatic heterocycles. The summed E-state index contributed by atoms with van der Waals surface area (Å²) in [5.74, 6) is 0. The summed E-state index contributed by atoms with van der Waals surface area (Å²) in [7, 11) is 0. The number of benzene rings is 1. The van der Waals surface area contributed by atoms with Crippen LogP contribution in [0, 0.1) is 6.92 Å². The lowest BCUT2D eigenvalue weighted by molar-refractivity contribution is 1.12. The maximum absolute atomic E-state index is 3.80. The van der Waals surface area contributed by atoms with Crippen LogP contribution in [0.3, 0.4) is 0 Å². The van der Waals surface area contributed by atoms with Gasteiger partial charge in [0.2, 0.25) is 0 Å². The maximum atomic E-state index is 3.80. The highest BCUT2D eigenvalue weighted by Gasteiger charge is 1.97. The Morgan fingerprint density at radius 3 is 2.31 bits per heavy atom. The van der Waals surface area contributed by atoms with Crippen molar-refractivity contribution in [1.29, 1.82) is 0 Å². The number of hydrogen-bond acceptors (Lipinski definition) is 0. The molecule has 0 unspecified atom stereocenters. The average molecular weight is 174 g/mol. The summed E-state index contributed by atoms with van der Waals surface area (Å²) in [6.45, 7) is 14.1. The van der Waals surface area contributed by atoms with Crippen molar-refractivity contribution in [2.75, 3.05) is 0 Å². The van der Waals surface area contributed by atoms with E-state index >= 15 is 0 Å². The van der Waals surface area contributed by atoms with Crippen LogP contribution >= 0.6 is 0 Å². The van der Waals surface area contributed by atoms with Crippen LogP contribution in [0.2, 0.25) is 0 Å². The first kappa shape index (κ1) is 11.7. The van der Waals surface area contributed by atoms with Gasteiger partial charge in [0.25, 0.3) is 0 Å². The third-order valence-electron chi connectivity index (χ3n) is 2.00. The molecule has 0 saturated carbocycles. The molecule has 1 rings (SSSR count). The third kappa shape index (κ3) is 2.90. The van der Waals surface area contributed by atoms with Crippen molar-refractivity contribution in [1.82, 2.24) is 0 Å². The fourth-order valence-electron chi connectivity index (χ4n) is 1.34. The van der Waals surface area contributed by atoms with Crippen LogP contribution in [0.5, 0.6) is 0 Å². The summed E-state index contributed by atoms with van der Waals surface area (Å²) >= 11 is 0. The van der Waals surface area contributed by atoms with Crippen LogP contribution in [0.25, 0.3) is 6.08 Å². The summed E-state index contributed by atoms with van der Waals surface area (Å²) in [6.07, 6.45) is 3.02. The van der Waals surface area contributed by atoms with Gasteiger partial charge in [-0.05, 0) is 30.0 Å². The van der Waals surface area contributed by atoms with Gasteiger partial charge in [-0.3, -0.25) is 0 Å². The molecule has 0 fully saturated rings. The Morgan fingerprint density at radius 1 is 1.31 bits per heavy atom. The van der Waals surface area contributed by atoms with Gasteiger partial charge in [-0.15, -0.1) is 13.2 Å². The zero-order valence-electron chi connectivity index (χ0n) is 8.64. The largest absolute Gasteiger partial charge is 0.106 e. The molecule has 0 aliphatic heterocycles. The third-order valence-corrected chi connectivity index (χ3v) is 2.00. The Morgan fingerprint density at radius 2 is 1.92 bits per heavy atom. The molecule has 0 spiro atoms. The smallest absolute Gasteiger partial charge is 0.0201 e. The van der Waals surface area contributed by atoms with Gasteiger partial charge in [0.15, 0.2) is 0 Å². The molecule has 1 aromatic carbocycles. The predicted octanol–water partition coefficient (Wildman–Crippen LogP) is 4.00. The molecule has 0 heterocycles. The summed E-state index contributed by atoms with van der Waals surface area (Å²) in [5.41, 5.74) is 4.01. The fourth-order valence-corrected chi connectivity index (χ4v) is 1.34. The van der Waals surface area contributed by atoms with Crippen LogP contribution in [-0.4, -0.2) is 0 Å². The minimum Gasteiger partial charge on any atom is -0.106 e. The molecular weight excluding hydrogens is 156 g/mol. The normalized spacial score (nSPS) is 8.46. The number of hydrogen-bond donors (Lipinski definition) is 0. The molecule has 13 heavy (non-hydrogen) atoms. The second kappa shape index (κ2) is 6.24. The van der Waals surface area contributed by atoms with Crippen LogP contribution < -0.4 is 0 Å². The lowest BCUT2D eigenvalue weighted by Crippen LogP contribution is -1.88. The van der Waals surface area contributed by atoms with E-state index in [4.69, 9.17) is 0 Å². The monoisotopic (exact) mass is 174 g/mol. The molecule has 0 N–H and O–H groups in total. The highest BCUT2D eigenvalue weighted by Crippen LogP contribution is 2.15. The highest BCUT2D eigenvalue weighted by atomic mass is 14.0. The first-order valence-corrected chi connectivity index (χ1v) is 4.50. The van der Waals surface area contributed by atoms with E-state index in [0.29, 0.717) is 0 Å². The van der Waals surface area contributed by atoms with Crippen molar-refractivity contribution in [3.63, 3.8) is 0 Å². The Hall–Kier alpha value is -1.30. The molecule has 1 aromatic rings. The van der Waals surface area contributed by atoms with Crippen LogP contribution in [0.15, 0.2) is 37.9 Å². The van der Waals surface area contributed by atoms with Crippen LogP contribution in [0.4, 0.5) is 0 Å². The SMILES string of the molecule is C=C.C=Cc1c(C)cccc1CC. The minimum absolute atomic E-state index is 1.09. The summed E-state index contributed by atoms with van der Waals surface area (Å²) in [5, 5.41) is 0. The van der Waals surface area contributed by atoms with E-state index < -0.39 is 0 Å². The standard InChI is InChI=1S/C11H14.C2H4/c1-4-10-8-6-7-9(3)11(10)5-2;1-2/h5-8H,2,4H2,1,3H3;1-2H2. The summed E-state index contributed by atoms with van der Waals surface area (Å²) < 4.78 is 0. The second-order valence-corrected chi connectivity index (χ2v) is 2.71. The van der Waals surface area contributed by atoms with E-state index in [9.17, 15) is 0 Å². The van der Waals surface area contributed by atoms with Gasteiger partial charge in [0.1, 0.15) is 0 Å².